The van der Waals surface area contributed by atoms with Crippen LogP contribution in [0.2, 0.25) is 0 Å². The molecule has 0 aromatic heterocycles. The van der Waals surface area contributed by atoms with Gasteiger partial charge in [0.15, 0.2) is 0 Å². The van der Waals surface area contributed by atoms with Crippen LogP contribution in [0.4, 0.5) is 0 Å². The lowest BCUT2D eigenvalue weighted by atomic mass is 10.1. The normalized spacial score (nSPS) is 34.6. The van der Waals surface area contributed by atoms with Crippen molar-refractivity contribution in [2.24, 2.45) is 5.92 Å². The van der Waals surface area contributed by atoms with Crippen LogP contribution in [-0.2, 0) is 4.74 Å². The first kappa shape index (κ1) is 11.9. The SMILES string of the molecule is C1COC(CCN2CCC(CNC3CC3)C2)C1. The lowest BCUT2D eigenvalue weighted by Gasteiger charge is -2.18. The average molecular weight is 238 g/mol. The summed E-state index contributed by atoms with van der Waals surface area (Å²) in [5, 5.41) is 3.66. The molecule has 1 saturated carbocycles. The van der Waals surface area contributed by atoms with Crippen LogP contribution in [0.5, 0.6) is 0 Å². The topological polar surface area (TPSA) is 24.5 Å². The van der Waals surface area contributed by atoms with Crippen molar-refractivity contribution in [2.45, 2.75) is 50.7 Å². The first-order valence-corrected chi connectivity index (χ1v) is 7.47. The minimum atomic E-state index is 0.568. The average Bonchev–Trinajstić information content (AvgIpc) is 2.86. The molecule has 3 aliphatic rings. The van der Waals surface area contributed by atoms with Gasteiger partial charge in [-0.15, -0.1) is 0 Å². The van der Waals surface area contributed by atoms with Crippen molar-refractivity contribution in [3.05, 3.63) is 0 Å². The van der Waals surface area contributed by atoms with Crippen molar-refractivity contribution in [1.82, 2.24) is 10.2 Å². The molecule has 1 aliphatic carbocycles. The third kappa shape index (κ3) is 3.67. The molecule has 3 rings (SSSR count). The first-order valence-electron chi connectivity index (χ1n) is 7.47. The Morgan fingerprint density at radius 3 is 2.88 bits per heavy atom. The fourth-order valence-corrected chi connectivity index (χ4v) is 3.10. The zero-order chi connectivity index (χ0) is 11.5. The van der Waals surface area contributed by atoms with E-state index < -0.39 is 0 Å². The largest absolute Gasteiger partial charge is 0.378 e. The lowest BCUT2D eigenvalue weighted by Crippen LogP contribution is -2.29. The van der Waals surface area contributed by atoms with Gasteiger partial charge in [0.05, 0.1) is 6.10 Å². The minimum Gasteiger partial charge on any atom is -0.378 e. The van der Waals surface area contributed by atoms with Gasteiger partial charge < -0.3 is 15.0 Å². The third-order valence-corrected chi connectivity index (χ3v) is 4.43. The van der Waals surface area contributed by atoms with Gasteiger partial charge in [0.1, 0.15) is 0 Å². The highest BCUT2D eigenvalue weighted by Crippen LogP contribution is 2.22. The maximum Gasteiger partial charge on any atom is 0.0588 e. The number of ether oxygens (including phenoxy) is 1. The molecule has 98 valence electrons. The van der Waals surface area contributed by atoms with E-state index in [1.54, 1.807) is 0 Å². The van der Waals surface area contributed by atoms with Crippen LogP contribution < -0.4 is 5.32 Å². The second-order valence-electron chi connectivity index (χ2n) is 6.06. The Hall–Kier alpha value is -0.120. The third-order valence-electron chi connectivity index (χ3n) is 4.43. The number of rotatable bonds is 6. The van der Waals surface area contributed by atoms with E-state index in [-0.39, 0.29) is 0 Å². The van der Waals surface area contributed by atoms with E-state index in [2.05, 4.69) is 10.2 Å². The molecule has 17 heavy (non-hydrogen) atoms. The van der Waals surface area contributed by atoms with Crippen molar-refractivity contribution in [1.29, 1.82) is 0 Å². The van der Waals surface area contributed by atoms with Crippen LogP contribution in [-0.4, -0.2) is 49.8 Å². The van der Waals surface area contributed by atoms with E-state index in [1.165, 1.54) is 64.7 Å². The Morgan fingerprint density at radius 1 is 1.18 bits per heavy atom. The van der Waals surface area contributed by atoms with Crippen LogP contribution in [0.25, 0.3) is 0 Å². The van der Waals surface area contributed by atoms with Crippen LogP contribution in [0, 0.1) is 5.92 Å². The van der Waals surface area contributed by atoms with Crippen LogP contribution in [0.3, 0.4) is 0 Å². The Morgan fingerprint density at radius 2 is 2.12 bits per heavy atom. The zero-order valence-electron chi connectivity index (χ0n) is 10.9. The Kier molecular flexibility index (Phi) is 3.99. The highest BCUT2D eigenvalue weighted by Gasteiger charge is 2.26. The second-order valence-corrected chi connectivity index (χ2v) is 6.06. The summed E-state index contributed by atoms with van der Waals surface area (Å²) in [4.78, 5) is 2.64. The van der Waals surface area contributed by atoms with Gasteiger partial charge in [0.25, 0.3) is 0 Å². The molecule has 0 aromatic rings. The van der Waals surface area contributed by atoms with Gasteiger partial charge in [0.2, 0.25) is 0 Å². The molecule has 1 N–H and O–H groups in total. The Labute approximate surface area is 105 Å². The summed E-state index contributed by atoms with van der Waals surface area (Å²) in [7, 11) is 0. The van der Waals surface area contributed by atoms with Gasteiger partial charge in [-0.3, -0.25) is 0 Å². The summed E-state index contributed by atoms with van der Waals surface area (Å²) in [5.41, 5.74) is 0. The molecule has 0 amide bonds. The lowest BCUT2D eigenvalue weighted by molar-refractivity contribution is 0.0945. The summed E-state index contributed by atoms with van der Waals surface area (Å²) < 4.78 is 5.69. The molecule has 2 unspecified atom stereocenters. The Bertz CT molecular complexity index is 236. The predicted molar refractivity (Wildman–Crippen MR) is 69.2 cm³/mol. The molecule has 0 spiro atoms. The molecule has 2 atom stereocenters. The first-order chi connectivity index (χ1) is 8.40. The van der Waals surface area contributed by atoms with E-state index in [1.807, 2.05) is 0 Å². The van der Waals surface area contributed by atoms with Crippen molar-refractivity contribution in [2.75, 3.05) is 32.8 Å². The highest BCUT2D eigenvalue weighted by atomic mass is 16.5. The maximum absolute atomic E-state index is 5.69. The molecule has 2 saturated heterocycles. The number of nitrogens with zero attached hydrogens (tertiary/aromatic N) is 1. The molecule has 3 nitrogen and oxygen atoms in total. The molecule has 0 radical (unpaired) electrons. The summed E-state index contributed by atoms with van der Waals surface area (Å²) in [6.07, 6.45) is 8.61. The van der Waals surface area contributed by atoms with E-state index in [0.29, 0.717) is 6.10 Å². The van der Waals surface area contributed by atoms with E-state index >= 15 is 0 Å². The van der Waals surface area contributed by atoms with Crippen LogP contribution in [0.1, 0.15) is 38.5 Å². The molecule has 2 aliphatic heterocycles. The molecule has 0 aromatic carbocycles. The van der Waals surface area contributed by atoms with Crippen molar-refractivity contribution >= 4 is 0 Å². The Balaban J connectivity index is 1.29. The van der Waals surface area contributed by atoms with E-state index in [9.17, 15) is 0 Å². The fourth-order valence-electron chi connectivity index (χ4n) is 3.10. The number of hydrogen-bond donors (Lipinski definition) is 1. The van der Waals surface area contributed by atoms with Crippen molar-refractivity contribution in [3.8, 4) is 0 Å². The van der Waals surface area contributed by atoms with Crippen LogP contribution in [0.15, 0.2) is 0 Å². The molecule has 3 heteroatoms. The standard InChI is InChI=1S/C14H26N2O/c1-2-14(17-9-1)6-8-16-7-5-12(11-16)10-15-13-3-4-13/h12-15H,1-11H2. The number of hydrogen-bond acceptors (Lipinski definition) is 3. The molecule has 2 heterocycles. The predicted octanol–water partition coefficient (Wildman–Crippen LogP) is 1.63. The van der Waals surface area contributed by atoms with Gasteiger partial charge in [0, 0.05) is 25.7 Å². The van der Waals surface area contributed by atoms with Gasteiger partial charge in [-0.25, -0.2) is 0 Å². The fraction of sp³-hybridized carbons (Fsp3) is 1.00. The molecular weight excluding hydrogens is 212 g/mol. The van der Waals surface area contributed by atoms with Gasteiger partial charge in [-0.1, -0.05) is 0 Å². The van der Waals surface area contributed by atoms with Gasteiger partial charge >= 0.3 is 0 Å². The molecular formula is C14H26N2O. The summed E-state index contributed by atoms with van der Waals surface area (Å²) >= 11 is 0. The van der Waals surface area contributed by atoms with Crippen molar-refractivity contribution < 1.29 is 4.74 Å². The quantitative estimate of drug-likeness (QED) is 0.761. The minimum absolute atomic E-state index is 0.568. The molecule has 0 bridgehead atoms. The number of nitrogens with one attached hydrogen (secondary N) is 1. The van der Waals surface area contributed by atoms with Gasteiger partial charge in [-0.05, 0) is 57.5 Å². The smallest absolute Gasteiger partial charge is 0.0588 e. The van der Waals surface area contributed by atoms with E-state index in [4.69, 9.17) is 4.74 Å². The summed E-state index contributed by atoms with van der Waals surface area (Å²) in [5.74, 6) is 0.903. The van der Waals surface area contributed by atoms with Gasteiger partial charge in [-0.2, -0.15) is 0 Å². The van der Waals surface area contributed by atoms with E-state index in [0.717, 1.165) is 18.6 Å². The monoisotopic (exact) mass is 238 g/mol. The highest BCUT2D eigenvalue weighted by molar-refractivity contribution is 4.84. The summed E-state index contributed by atoms with van der Waals surface area (Å²) in [6.45, 7) is 6.13. The maximum atomic E-state index is 5.69. The second kappa shape index (κ2) is 5.68. The number of likely N-dealkylation sites (tertiary alicyclic amines) is 1. The zero-order valence-corrected chi connectivity index (χ0v) is 10.9. The summed E-state index contributed by atoms with van der Waals surface area (Å²) in [6, 6.07) is 0.871. The molecule has 3 fully saturated rings. The van der Waals surface area contributed by atoms with Crippen LogP contribution >= 0.6 is 0 Å². The van der Waals surface area contributed by atoms with Crippen molar-refractivity contribution in [3.63, 3.8) is 0 Å².